The maximum atomic E-state index is 14.6. The Morgan fingerprint density at radius 1 is 1.16 bits per heavy atom. The van der Waals surface area contributed by atoms with Crippen molar-refractivity contribution in [2.75, 3.05) is 13.2 Å². The molecule has 2 amide bonds. The number of H-pyrrole nitrogens is 1. The number of amides is 2. The van der Waals surface area contributed by atoms with Crippen LogP contribution in [0.15, 0.2) is 54.6 Å². The number of ether oxygens (including phenoxy) is 2. The second-order valence-corrected chi connectivity index (χ2v) is 10.9. The Balaban J connectivity index is 1.53. The number of benzene rings is 2. The second kappa shape index (κ2) is 10.6. The summed E-state index contributed by atoms with van der Waals surface area (Å²) in [5.74, 6) is -1.89. The molecule has 0 bridgehead atoms. The van der Waals surface area contributed by atoms with Crippen LogP contribution in [0.25, 0.3) is 22.2 Å². The molecule has 226 valence electrons. The van der Waals surface area contributed by atoms with Gasteiger partial charge in [-0.15, -0.1) is 0 Å². The molecule has 1 aliphatic rings. The van der Waals surface area contributed by atoms with Gasteiger partial charge in [0.05, 0.1) is 18.3 Å². The molecule has 2 aromatic heterocycles. The Morgan fingerprint density at radius 3 is 2.49 bits per heavy atom. The predicted octanol–water partition coefficient (Wildman–Crippen LogP) is 4.47. The van der Waals surface area contributed by atoms with Crippen molar-refractivity contribution >= 4 is 22.7 Å². The second-order valence-electron chi connectivity index (χ2n) is 10.9. The number of fused-ring (bicyclic) bond motifs is 2. The van der Waals surface area contributed by atoms with E-state index in [1.54, 1.807) is 18.2 Å². The van der Waals surface area contributed by atoms with Crippen LogP contribution in [0.4, 0.5) is 17.6 Å². The van der Waals surface area contributed by atoms with Crippen molar-refractivity contribution in [1.29, 1.82) is 0 Å². The summed E-state index contributed by atoms with van der Waals surface area (Å²) < 4.78 is 68.8. The van der Waals surface area contributed by atoms with Crippen molar-refractivity contribution < 1.29 is 41.7 Å². The minimum absolute atomic E-state index is 0.0240. The predicted molar refractivity (Wildman–Crippen MR) is 148 cm³/mol. The van der Waals surface area contributed by atoms with Gasteiger partial charge in [-0.1, -0.05) is 0 Å². The largest absolute Gasteiger partial charge is 0.491 e. The number of nitrogens with zero attached hydrogens (tertiary/aromatic N) is 1. The smallest absolute Gasteiger partial charge is 0.424 e. The van der Waals surface area contributed by atoms with Gasteiger partial charge in [0, 0.05) is 28.1 Å². The summed E-state index contributed by atoms with van der Waals surface area (Å²) >= 11 is 0. The molecule has 43 heavy (non-hydrogen) atoms. The van der Waals surface area contributed by atoms with Crippen LogP contribution in [0.5, 0.6) is 11.5 Å². The average molecular weight is 601 g/mol. The van der Waals surface area contributed by atoms with Crippen molar-refractivity contribution in [3.63, 3.8) is 0 Å². The van der Waals surface area contributed by atoms with Crippen LogP contribution in [-0.4, -0.2) is 52.3 Å². The molecule has 0 spiro atoms. The van der Waals surface area contributed by atoms with E-state index in [9.17, 15) is 32.3 Å². The van der Waals surface area contributed by atoms with Crippen LogP contribution in [0, 0.1) is 5.82 Å². The molecular weight excluding hydrogens is 572 g/mol. The molecule has 5 rings (SSSR count). The SMILES string of the molecule is CC(C)Oc1ccc2cc(C(=O)NCC(O)(c3cc4c(c(-c5ccc(F)cc5)n3)OC[C@]4(C)C(N)=O)C(F)(F)F)[nH]c2c1. The number of rotatable bonds is 8. The summed E-state index contributed by atoms with van der Waals surface area (Å²) in [5.41, 5.74) is -0.158. The molecule has 0 radical (unpaired) electrons. The molecule has 3 heterocycles. The lowest BCUT2D eigenvalue weighted by Crippen LogP contribution is -2.52. The van der Waals surface area contributed by atoms with E-state index in [2.05, 4.69) is 15.3 Å². The van der Waals surface area contributed by atoms with E-state index in [4.69, 9.17) is 15.2 Å². The Bertz CT molecular complexity index is 1720. The van der Waals surface area contributed by atoms with Gasteiger partial charge >= 0.3 is 6.18 Å². The molecular formula is C30H28F4N4O5. The van der Waals surface area contributed by atoms with Gasteiger partial charge in [0.1, 0.15) is 40.7 Å². The standard InChI is InChI=1S/C30H28F4N4O5/c1-15(2)43-19-9-6-17-10-22(37-21(17)11-19)26(39)36-13-29(41,30(32,33)34)23-12-20-25(42-14-28(20,3)27(35)40)24(38-23)16-4-7-18(31)8-5-16/h4-12,15,37,41H,13-14H2,1-3H3,(H2,35,40)(H,36,39)/t28-,29?/m0/s1. The van der Waals surface area contributed by atoms with E-state index in [1.165, 1.54) is 25.1 Å². The van der Waals surface area contributed by atoms with Crippen LogP contribution in [0.2, 0.25) is 0 Å². The number of pyridine rings is 1. The van der Waals surface area contributed by atoms with Gasteiger partial charge in [-0.25, -0.2) is 9.37 Å². The fourth-order valence-corrected chi connectivity index (χ4v) is 4.82. The number of alkyl halides is 3. The Morgan fingerprint density at radius 2 is 1.86 bits per heavy atom. The lowest BCUT2D eigenvalue weighted by molar-refractivity contribution is -0.265. The van der Waals surface area contributed by atoms with Crippen molar-refractivity contribution in [2.24, 2.45) is 5.73 Å². The van der Waals surface area contributed by atoms with Gasteiger partial charge in [-0.2, -0.15) is 13.2 Å². The zero-order valence-electron chi connectivity index (χ0n) is 23.3. The Kier molecular flexibility index (Phi) is 7.33. The first-order valence-electron chi connectivity index (χ1n) is 13.2. The first-order chi connectivity index (χ1) is 20.1. The van der Waals surface area contributed by atoms with Gasteiger partial charge in [0.15, 0.2) is 0 Å². The summed E-state index contributed by atoms with van der Waals surface area (Å²) in [6, 6.07) is 12.1. The number of primary amides is 1. The monoisotopic (exact) mass is 600 g/mol. The van der Waals surface area contributed by atoms with E-state index < -0.39 is 47.1 Å². The zero-order valence-corrected chi connectivity index (χ0v) is 23.3. The third-order valence-corrected chi connectivity index (χ3v) is 7.34. The number of nitrogens with two attached hydrogens (primary N) is 1. The van der Waals surface area contributed by atoms with Crippen LogP contribution in [-0.2, 0) is 15.8 Å². The number of aromatic amines is 1. The van der Waals surface area contributed by atoms with E-state index >= 15 is 0 Å². The fourth-order valence-electron chi connectivity index (χ4n) is 4.82. The third-order valence-electron chi connectivity index (χ3n) is 7.34. The highest BCUT2D eigenvalue weighted by Gasteiger charge is 2.57. The molecule has 0 saturated carbocycles. The minimum Gasteiger partial charge on any atom is -0.491 e. The normalized spacial score (nSPS) is 17.8. The number of hydrogen-bond donors (Lipinski definition) is 4. The summed E-state index contributed by atoms with van der Waals surface area (Å²) in [6.07, 6.45) is -5.44. The highest BCUT2D eigenvalue weighted by atomic mass is 19.4. The number of nitrogens with one attached hydrogen (secondary N) is 2. The quantitative estimate of drug-likeness (QED) is 0.220. The fraction of sp³-hybridized carbons (Fsp3) is 0.300. The van der Waals surface area contributed by atoms with Gasteiger partial charge < -0.3 is 30.6 Å². The summed E-state index contributed by atoms with van der Waals surface area (Å²) in [6.45, 7) is 3.47. The number of carbonyl (C=O) groups excluding carboxylic acids is 2. The number of aromatic nitrogens is 2. The zero-order chi connectivity index (χ0) is 31.3. The highest BCUT2D eigenvalue weighted by molar-refractivity contribution is 5.98. The van der Waals surface area contributed by atoms with Crippen molar-refractivity contribution in [2.45, 2.75) is 44.1 Å². The van der Waals surface area contributed by atoms with Gasteiger partial charge in [0.25, 0.3) is 5.91 Å². The van der Waals surface area contributed by atoms with Crippen molar-refractivity contribution in [1.82, 2.24) is 15.3 Å². The van der Waals surface area contributed by atoms with Gasteiger partial charge in [-0.05, 0) is 69.3 Å². The first kappa shape index (κ1) is 29.8. The first-order valence-corrected chi connectivity index (χ1v) is 13.2. The Hall–Kier alpha value is -4.65. The third kappa shape index (κ3) is 5.36. The molecule has 5 N–H and O–H groups in total. The topological polar surface area (TPSA) is 140 Å². The molecule has 0 fully saturated rings. The molecule has 2 aromatic carbocycles. The maximum absolute atomic E-state index is 14.6. The van der Waals surface area contributed by atoms with Crippen molar-refractivity contribution in [3.8, 4) is 22.8 Å². The number of aliphatic hydroxyl groups is 1. The summed E-state index contributed by atoms with van der Waals surface area (Å²) in [4.78, 5) is 32.3. The summed E-state index contributed by atoms with van der Waals surface area (Å²) in [7, 11) is 0. The molecule has 13 heteroatoms. The van der Waals surface area contributed by atoms with Crippen LogP contribution >= 0.6 is 0 Å². The average Bonchev–Trinajstić information content (AvgIpc) is 3.52. The number of halogens is 4. The number of carbonyl (C=O) groups is 2. The van der Waals surface area contributed by atoms with E-state index in [-0.39, 0.29) is 41.0 Å². The molecule has 0 saturated heterocycles. The minimum atomic E-state index is -5.34. The van der Waals surface area contributed by atoms with Crippen molar-refractivity contribution in [3.05, 3.63) is 77.4 Å². The van der Waals surface area contributed by atoms with Crippen LogP contribution < -0.4 is 20.5 Å². The maximum Gasteiger partial charge on any atom is 0.424 e. The molecule has 9 nitrogen and oxygen atoms in total. The van der Waals surface area contributed by atoms with E-state index in [0.29, 0.717) is 16.7 Å². The summed E-state index contributed by atoms with van der Waals surface area (Å²) in [5, 5.41) is 13.9. The highest BCUT2D eigenvalue weighted by Crippen LogP contribution is 2.47. The van der Waals surface area contributed by atoms with E-state index in [1.807, 2.05) is 13.8 Å². The molecule has 4 aromatic rings. The lowest BCUT2D eigenvalue weighted by atomic mass is 9.81. The van der Waals surface area contributed by atoms with Crippen LogP contribution in [0.3, 0.4) is 0 Å². The molecule has 1 aliphatic heterocycles. The molecule has 1 unspecified atom stereocenters. The van der Waals surface area contributed by atoms with E-state index in [0.717, 1.165) is 18.2 Å². The van der Waals surface area contributed by atoms with Crippen LogP contribution in [0.1, 0.15) is 42.5 Å². The number of hydrogen-bond acceptors (Lipinski definition) is 6. The molecule has 2 atom stereocenters. The van der Waals surface area contributed by atoms with Gasteiger partial charge in [-0.3, -0.25) is 9.59 Å². The van der Waals surface area contributed by atoms with Gasteiger partial charge in [0.2, 0.25) is 11.5 Å². The molecule has 0 aliphatic carbocycles. The lowest BCUT2D eigenvalue weighted by Gasteiger charge is -2.31. The Labute approximate surface area is 243 Å².